The molecular weight excluding hydrogens is 148 g/mol. The lowest BCUT2D eigenvalue weighted by atomic mass is 9.69. The molecule has 66 valence electrons. The second-order valence-electron chi connectivity index (χ2n) is 4.58. The van der Waals surface area contributed by atoms with E-state index in [9.17, 15) is 4.79 Å². The fraction of sp³-hybridized carbons (Fsp3) is 0.727. The molecule has 2 aliphatic carbocycles. The van der Waals surface area contributed by atoms with Crippen molar-refractivity contribution in [1.29, 1.82) is 0 Å². The first-order valence-corrected chi connectivity index (χ1v) is 4.85. The van der Waals surface area contributed by atoms with Gasteiger partial charge in [-0.25, -0.2) is 0 Å². The Balaban J connectivity index is 2.30. The minimum atomic E-state index is 0.284. The Kier molecular flexibility index (Phi) is 1.64. The van der Waals surface area contributed by atoms with Crippen LogP contribution in [0.5, 0.6) is 0 Å². The molecule has 0 amide bonds. The topological polar surface area (TPSA) is 17.1 Å². The molecular formula is C11H16O. The second-order valence-corrected chi connectivity index (χ2v) is 4.58. The van der Waals surface area contributed by atoms with Gasteiger partial charge in [0.25, 0.3) is 0 Å². The van der Waals surface area contributed by atoms with Crippen LogP contribution in [-0.4, -0.2) is 5.78 Å². The molecule has 2 atom stereocenters. The van der Waals surface area contributed by atoms with E-state index in [1.807, 2.05) is 0 Å². The Hall–Kier alpha value is -0.590. The van der Waals surface area contributed by atoms with Gasteiger partial charge in [0.15, 0.2) is 5.78 Å². The van der Waals surface area contributed by atoms with Crippen LogP contribution in [0.2, 0.25) is 0 Å². The summed E-state index contributed by atoms with van der Waals surface area (Å²) in [6.45, 7) is 6.17. The van der Waals surface area contributed by atoms with Crippen LogP contribution in [0.4, 0.5) is 0 Å². The van der Waals surface area contributed by atoms with Crippen LogP contribution in [0, 0.1) is 11.3 Å². The highest BCUT2D eigenvalue weighted by molar-refractivity contribution is 5.98. The standard InChI is InChI=1S/C11H16O/c1-8-9-5-3-4-6-11(9,2)7-10(8)12/h9H,1,3-7H2,2H3/t9-,11+/m1/s1. The van der Waals surface area contributed by atoms with Gasteiger partial charge in [0.2, 0.25) is 0 Å². The van der Waals surface area contributed by atoms with Gasteiger partial charge in [-0.2, -0.15) is 0 Å². The van der Waals surface area contributed by atoms with E-state index in [1.165, 1.54) is 25.7 Å². The Labute approximate surface area is 73.8 Å². The smallest absolute Gasteiger partial charge is 0.159 e. The predicted molar refractivity (Wildman–Crippen MR) is 48.8 cm³/mol. The number of hydrogen-bond acceptors (Lipinski definition) is 1. The van der Waals surface area contributed by atoms with E-state index < -0.39 is 0 Å². The summed E-state index contributed by atoms with van der Waals surface area (Å²) in [7, 11) is 0. The van der Waals surface area contributed by atoms with Crippen LogP contribution in [0.1, 0.15) is 39.0 Å². The van der Waals surface area contributed by atoms with Crippen LogP contribution in [0.15, 0.2) is 12.2 Å². The monoisotopic (exact) mass is 164 g/mol. The summed E-state index contributed by atoms with van der Waals surface area (Å²) in [6, 6.07) is 0. The molecule has 0 unspecified atom stereocenters. The van der Waals surface area contributed by atoms with Gasteiger partial charge in [0.05, 0.1) is 0 Å². The number of carbonyl (C=O) groups is 1. The first-order chi connectivity index (χ1) is 5.63. The number of carbonyl (C=O) groups excluding carboxylic acids is 1. The summed E-state index contributed by atoms with van der Waals surface area (Å²) in [4.78, 5) is 11.4. The molecule has 0 aliphatic heterocycles. The molecule has 2 aliphatic rings. The maximum Gasteiger partial charge on any atom is 0.159 e. The van der Waals surface area contributed by atoms with E-state index in [4.69, 9.17) is 0 Å². The van der Waals surface area contributed by atoms with Crippen molar-refractivity contribution in [2.75, 3.05) is 0 Å². The zero-order chi connectivity index (χ0) is 8.77. The highest BCUT2D eigenvalue weighted by Gasteiger charge is 2.46. The average Bonchev–Trinajstić information content (AvgIpc) is 2.24. The van der Waals surface area contributed by atoms with E-state index in [2.05, 4.69) is 13.5 Å². The van der Waals surface area contributed by atoms with Gasteiger partial charge in [-0.3, -0.25) is 4.79 Å². The van der Waals surface area contributed by atoms with Gasteiger partial charge in [-0.15, -0.1) is 0 Å². The maximum absolute atomic E-state index is 11.4. The number of hydrogen-bond donors (Lipinski definition) is 0. The molecule has 0 aromatic heterocycles. The second kappa shape index (κ2) is 2.45. The summed E-state index contributed by atoms with van der Waals surface area (Å²) in [5.74, 6) is 0.836. The van der Waals surface area contributed by atoms with E-state index in [0.29, 0.717) is 11.7 Å². The third-order valence-electron chi connectivity index (χ3n) is 3.68. The summed E-state index contributed by atoms with van der Waals surface area (Å²) in [5.41, 5.74) is 1.20. The Morgan fingerprint density at radius 2 is 2.25 bits per heavy atom. The zero-order valence-electron chi connectivity index (χ0n) is 7.73. The molecule has 0 heterocycles. The highest BCUT2D eigenvalue weighted by atomic mass is 16.1. The molecule has 0 aromatic carbocycles. The van der Waals surface area contributed by atoms with Crippen molar-refractivity contribution in [2.24, 2.45) is 11.3 Å². The molecule has 2 fully saturated rings. The van der Waals surface area contributed by atoms with Crippen LogP contribution in [0.25, 0.3) is 0 Å². The van der Waals surface area contributed by atoms with Crippen molar-refractivity contribution in [3.63, 3.8) is 0 Å². The number of rotatable bonds is 0. The van der Waals surface area contributed by atoms with Crippen LogP contribution < -0.4 is 0 Å². The van der Waals surface area contributed by atoms with Gasteiger partial charge in [-0.1, -0.05) is 26.3 Å². The van der Waals surface area contributed by atoms with Crippen LogP contribution >= 0.6 is 0 Å². The van der Waals surface area contributed by atoms with Crippen molar-refractivity contribution >= 4 is 5.78 Å². The summed E-state index contributed by atoms with van der Waals surface area (Å²) in [6.07, 6.45) is 5.76. The van der Waals surface area contributed by atoms with Crippen molar-refractivity contribution in [3.05, 3.63) is 12.2 Å². The minimum Gasteiger partial charge on any atom is -0.295 e. The highest BCUT2D eigenvalue weighted by Crippen LogP contribution is 2.52. The van der Waals surface area contributed by atoms with Gasteiger partial charge in [-0.05, 0) is 29.7 Å². The molecule has 1 nitrogen and oxygen atoms in total. The zero-order valence-corrected chi connectivity index (χ0v) is 7.73. The molecule has 12 heavy (non-hydrogen) atoms. The summed E-state index contributed by atoms with van der Waals surface area (Å²) in [5, 5.41) is 0. The number of allylic oxidation sites excluding steroid dienone is 1. The molecule has 0 spiro atoms. The van der Waals surface area contributed by atoms with Crippen molar-refractivity contribution < 1.29 is 4.79 Å². The fourth-order valence-corrected chi connectivity index (χ4v) is 2.88. The minimum absolute atomic E-state index is 0.284. The molecule has 0 aromatic rings. The maximum atomic E-state index is 11.4. The average molecular weight is 164 g/mol. The van der Waals surface area contributed by atoms with E-state index in [1.54, 1.807) is 0 Å². The Morgan fingerprint density at radius 3 is 2.92 bits per heavy atom. The van der Waals surface area contributed by atoms with Gasteiger partial charge >= 0.3 is 0 Å². The van der Waals surface area contributed by atoms with Crippen molar-refractivity contribution in [3.8, 4) is 0 Å². The van der Waals surface area contributed by atoms with E-state index in [-0.39, 0.29) is 5.41 Å². The van der Waals surface area contributed by atoms with Gasteiger partial charge in [0, 0.05) is 6.42 Å². The molecule has 2 saturated carbocycles. The fourth-order valence-electron chi connectivity index (χ4n) is 2.88. The van der Waals surface area contributed by atoms with Crippen molar-refractivity contribution in [1.82, 2.24) is 0 Å². The summed E-state index contributed by atoms with van der Waals surface area (Å²) < 4.78 is 0. The molecule has 2 rings (SSSR count). The van der Waals surface area contributed by atoms with Crippen LogP contribution in [-0.2, 0) is 4.79 Å². The third kappa shape index (κ3) is 0.954. The van der Waals surface area contributed by atoms with E-state index in [0.717, 1.165) is 12.0 Å². The normalized spacial score (nSPS) is 41.6. The SMILES string of the molecule is C=C1C(=O)C[C@]2(C)CCCC[C@H]12. The third-order valence-corrected chi connectivity index (χ3v) is 3.68. The first kappa shape index (κ1) is 8.03. The molecule has 0 radical (unpaired) electrons. The Bertz CT molecular complexity index is 241. The number of fused-ring (bicyclic) bond motifs is 1. The van der Waals surface area contributed by atoms with Gasteiger partial charge in [0.1, 0.15) is 0 Å². The lowest BCUT2D eigenvalue weighted by molar-refractivity contribution is -0.115. The largest absolute Gasteiger partial charge is 0.295 e. The van der Waals surface area contributed by atoms with Gasteiger partial charge < -0.3 is 0 Å². The predicted octanol–water partition coefficient (Wildman–Crippen LogP) is 2.71. The quantitative estimate of drug-likeness (QED) is 0.503. The molecule has 0 bridgehead atoms. The Morgan fingerprint density at radius 1 is 1.50 bits per heavy atom. The lowest BCUT2D eigenvalue weighted by Gasteiger charge is -2.35. The number of ketones is 1. The molecule has 1 heteroatoms. The molecule has 0 N–H and O–H groups in total. The van der Waals surface area contributed by atoms with Crippen molar-refractivity contribution in [2.45, 2.75) is 39.0 Å². The summed E-state index contributed by atoms with van der Waals surface area (Å²) >= 11 is 0. The van der Waals surface area contributed by atoms with Crippen LogP contribution in [0.3, 0.4) is 0 Å². The first-order valence-electron chi connectivity index (χ1n) is 4.85. The molecule has 0 saturated heterocycles. The lowest BCUT2D eigenvalue weighted by Crippen LogP contribution is -2.25. The number of Topliss-reactive ketones (excluding diaryl/α,β-unsaturated/α-hetero) is 1. The van der Waals surface area contributed by atoms with E-state index >= 15 is 0 Å².